The van der Waals surface area contributed by atoms with Crippen molar-refractivity contribution >= 4 is 5.69 Å². The standard InChI is InChI=1S/C16H28N2O2/c1-14(2)19-11-6-9-17-10-12-20-16-8-5-7-15(13-16)18(3)4/h5,7-8,13-14,17H,6,9-12H2,1-4H3. The van der Waals surface area contributed by atoms with E-state index in [1.807, 2.05) is 26.2 Å². The molecule has 20 heavy (non-hydrogen) atoms. The summed E-state index contributed by atoms with van der Waals surface area (Å²) in [4.78, 5) is 2.07. The lowest BCUT2D eigenvalue weighted by atomic mass is 10.3. The fourth-order valence-corrected chi connectivity index (χ4v) is 1.73. The van der Waals surface area contributed by atoms with Crippen LogP contribution in [-0.2, 0) is 4.74 Å². The number of anilines is 1. The molecule has 0 unspecified atom stereocenters. The molecule has 4 nitrogen and oxygen atoms in total. The van der Waals surface area contributed by atoms with Gasteiger partial charge in [0.25, 0.3) is 0 Å². The van der Waals surface area contributed by atoms with Crippen molar-refractivity contribution in [1.29, 1.82) is 0 Å². The molecule has 0 aliphatic carbocycles. The number of ether oxygens (including phenoxy) is 2. The van der Waals surface area contributed by atoms with Crippen molar-refractivity contribution in [2.75, 3.05) is 45.3 Å². The molecule has 1 rings (SSSR count). The Kier molecular flexibility index (Phi) is 8.07. The average molecular weight is 280 g/mol. The molecule has 0 aromatic heterocycles. The molecule has 114 valence electrons. The molecule has 0 bridgehead atoms. The lowest BCUT2D eigenvalue weighted by Gasteiger charge is -2.14. The van der Waals surface area contributed by atoms with Crippen molar-refractivity contribution < 1.29 is 9.47 Å². The van der Waals surface area contributed by atoms with Crippen molar-refractivity contribution in [1.82, 2.24) is 5.32 Å². The minimum Gasteiger partial charge on any atom is -0.492 e. The highest BCUT2D eigenvalue weighted by atomic mass is 16.5. The van der Waals surface area contributed by atoms with E-state index in [4.69, 9.17) is 9.47 Å². The summed E-state index contributed by atoms with van der Waals surface area (Å²) < 4.78 is 11.2. The van der Waals surface area contributed by atoms with Crippen molar-refractivity contribution in [3.8, 4) is 5.75 Å². The summed E-state index contributed by atoms with van der Waals surface area (Å²) in [5.41, 5.74) is 1.15. The second kappa shape index (κ2) is 9.61. The molecular weight excluding hydrogens is 252 g/mol. The third-order valence-corrected chi connectivity index (χ3v) is 2.83. The SMILES string of the molecule is CC(C)OCCCNCCOc1cccc(N(C)C)c1. The molecule has 0 spiro atoms. The van der Waals surface area contributed by atoms with E-state index in [2.05, 4.69) is 36.2 Å². The topological polar surface area (TPSA) is 33.7 Å². The summed E-state index contributed by atoms with van der Waals surface area (Å²) in [6.45, 7) is 7.44. The third kappa shape index (κ3) is 7.36. The van der Waals surface area contributed by atoms with Crippen molar-refractivity contribution in [2.45, 2.75) is 26.4 Å². The van der Waals surface area contributed by atoms with Crippen LogP contribution in [0.25, 0.3) is 0 Å². The highest BCUT2D eigenvalue weighted by Gasteiger charge is 1.98. The van der Waals surface area contributed by atoms with Crippen LogP contribution in [0.5, 0.6) is 5.75 Å². The predicted molar refractivity (Wildman–Crippen MR) is 84.8 cm³/mol. The molecule has 1 aromatic carbocycles. The summed E-state index contributed by atoms with van der Waals surface area (Å²) >= 11 is 0. The van der Waals surface area contributed by atoms with Gasteiger partial charge in [-0.2, -0.15) is 0 Å². The van der Waals surface area contributed by atoms with Crippen LogP contribution in [0.1, 0.15) is 20.3 Å². The van der Waals surface area contributed by atoms with Crippen molar-refractivity contribution in [2.24, 2.45) is 0 Å². The number of hydrogen-bond donors (Lipinski definition) is 1. The summed E-state index contributed by atoms with van der Waals surface area (Å²) in [6, 6.07) is 8.13. The first-order valence-electron chi connectivity index (χ1n) is 7.32. The molecule has 0 aliphatic rings. The van der Waals surface area contributed by atoms with Gasteiger partial charge in [-0.3, -0.25) is 0 Å². The molecule has 4 heteroatoms. The van der Waals surface area contributed by atoms with Crippen molar-refractivity contribution in [3.63, 3.8) is 0 Å². The van der Waals surface area contributed by atoms with Gasteiger partial charge < -0.3 is 19.7 Å². The highest BCUT2D eigenvalue weighted by molar-refractivity contribution is 5.49. The molecule has 0 radical (unpaired) electrons. The monoisotopic (exact) mass is 280 g/mol. The maximum atomic E-state index is 5.72. The fraction of sp³-hybridized carbons (Fsp3) is 0.625. The maximum Gasteiger partial charge on any atom is 0.121 e. The zero-order valence-corrected chi connectivity index (χ0v) is 13.2. The summed E-state index contributed by atoms with van der Waals surface area (Å²) in [5, 5.41) is 3.35. The Labute approximate surface area is 123 Å². The Morgan fingerprint density at radius 3 is 2.65 bits per heavy atom. The van der Waals surface area contributed by atoms with E-state index >= 15 is 0 Å². The van der Waals surface area contributed by atoms with E-state index in [9.17, 15) is 0 Å². The van der Waals surface area contributed by atoms with E-state index in [-0.39, 0.29) is 0 Å². The first kappa shape index (κ1) is 16.8. The largest absolute Gasteiger partial charge is 0.492 e. The van der Waals surface area contributed by atoms with E-state index in [1.54, 1.807) is 0 Å². The molecule has 0 heterocycles. The van der Waals surface area contributed by atoms with Crippen LogP contribution in [0.4, 0.5) is 5.69 Å². The molecule has 0 saturated heterocycles. The fourth-order valence-electron chi connectivity index (χ4n) is 1.73. The Hall–Kier alpha value is -1.26. The number of nitrogens with one attached hydrogen (secondary N) is 1. The summed E-state index contributed by atoms with van der Waals surface area (Å²) in [5.74, 6) is 0.918. The second-order valence-corrected chi connectivity index (χ2v) is 5.26. The first-order valence-corrected chi connectivity index (χ1v) is 7.32. The molecule has 1 aromatic rings. The quantitative estimate of drug-likeness (QED) is 0.668. The zero-order chi connectivity index (χ0) is 14.8. The predicted octanol–water partition coefficient (Wildman–Crippen LogP) is 2.54. The van der Waals surface area contributed by atoms with Crippen LogP contribution in [0.15, 0.2) is 24.3 Å². The van der Waals surface area contributed by atoms with Crippen LogP contribution in [0, 0.1) is 0 Å². The lowest BCUT2D eigenvalue weighted by Crippen LogP contribution is -2.23. The van der Waals surface area contributed by atoms with E-state index in [1.165, 1.54) is 0 Å². The van der Waals surface area contributed by atoms with E-state index in [0.29, 0.717) is 12.7 Å². The first-order chi connectivity index (χ1) is 9.59. The van der Waals surface area contributed by atoms with Crippen LogP contribution in [0.3, 0.4) is 0 Å². The zero-order valence-electron chi connectivity index (χ0n) is 13.2. The van der Waals surface area contributed by atoms with Gasteiger partial charge in [-0.25, -0.2) is 0 Å². The Bertz CT molecular complexity index is 367. The molecular formula is C16H28N2O2. The van der Waals surface area contributed by atoms with Gasteiger partial charge in [-0.15, -0.1) is 0 Å². The van der Waals surface area contributed by atoms with Crippen LogP contribution < -0.4 is 15.0 Å². The number of nitrogens with zero attached hydrogens (tertiary/aromatic N) is 1. The molecule has 0 amide bonds. The number of rotatable bonds is 10. The van der Waals surface area contributed by atoms with Crippen LogP contribution in [-0.4, -0.2) is 46.5 Å². The minimum atomic E-state index is 0.322. The molecule has 0 fully saturated rings. The van der Waals surface area contributed by atoms with Gasteiger partial charge in [0, 0.05) is 39.0 Å². The highest BCUT2D eigenvalue weighted by Crippen LogP contribution is 2.18. The Morgan fingerprint density at radius 1 is 1.15 bits per heavy atom. The van der Waals surface area contributed by atoms with Crippen LogP contribution in [0.2, 0.25) is 0 Å². The van der Waals surface area contributed by atoms with Crippen LogP contribution >= 0.6 is 0 Å². The summed E-state index contributed by atoms with van der Waals surface area (Å²) in [6.07, 6.45) is 1.36. The van der Waals surface area contributed by atoms with Crippen molar-refractivity contribution in [3.05, 3.63) is 24.3 Å². The summed E-state index contributed by atoms with van der Waals surface area (Å²) in [7, 11) is 4.06. The molecule has 0 atom stereocenters. The lowest BCUT2D eigenvalue weighted by molar-refractivity contribution is 0.0770. The van der Waals surface area contributed by atoms with Gasteiger partial charge in [0.2, 0.25) is 0 Å². The van der Waals surface area contributed by atoms with Gasteiger partial charge in [-0.05, 0) is 38.9 Å². The number of hydrogen-bond acceptors (Lipinski definition) is 4. The number of benzene rings is 1. The Morgan fingerprint density at radius 2 is 1.95 bits per heavy atom. The van der Waals surface area contributed by atoms with Gasteiger partial charge >= 0.3 is 0 Å². The second-order valence-electron chi connectivity index (χ2n) is 5.26. The van der Waals surface area contributed by atoms with Gasteiger partial charge in [0.1, 0.15) is 12.4 Å². The molecule has 0 aliphatic heterocycles. The third-order valence-electron chi connectivity index (χ3n) is 2.83. The smallest absolute Gasteiger partial charge is 0.121 e. The van der Waals surface area contributed by atoms with E-state index < -0.39 is 0 Å². The van der Waals surface area contributed by atoms with Gasteiger partial charge in [0.05, 0.1) is 6.10 Å². The Balaban J connectivity index is 2.08. The van der Waals surface area contributed by atoms with E-state index in [0.717, 1.165) is 37.6 Å². The molecule has 1 N–H and O–H groups in total. The average Bonchev–Trinajstić information content (AvgIpc) is 2.41. The van der Waals surface area contributed by atoms with Gasteiger partial charge in [-0.1, -0.05) is 6.07 Å². The minimum absolute atomic E-state index is 0.322. The van der Waals surface area contributed by atoms with Gasteiger partial charge in [0.15, 0.2) is 0 Å². The molecule has 0 saturated carbocycles. The maximum absolute atomic E-state index is 5.72. The normalized spacial score (nSPS) is 10.8.